The smallest absolute Gasteiger partial charge is 0.239 e. The molecule has 2 aromatic carbocycles. The van der Waals surface area contributed by atoms with Crippen LogP contribution in [-0.4, -0.2) is 16.6 Å². The number of amides is 1. The van der Waals surface area contributed by atoms with Gasteiger partial charge in [0.05, 0.1) is 0 Å². The Kier molecular flexibility index (Phi) is 6.52. The fourth-order valence-electron chi connectivity index (χ4n) is 2.50. The normalized spacial score (nSPS) is 11.6. The Morgan fingerprint density at radius 1 is 0.880 bits per heavy atom. The number of nitrogens with zero attached hydrogens (tertiary/aromatic N) is 1. The van der Waals surface area contributed by atoms with Crippen molar-refractivity contribution in [3.8, 4) is 0 Å². The molecule has 0 saturated carbocycles. The molecule has 0 radical (unpaired) electrons. The maximum absolute atomic E-state index is 12.7. The van der Waals surface area contributed by atoms with E-state index in [2.05, 4.69) is 0 Å². The highest BCUT2D eigenvalue weighted by Crippen LogP contribution is 2.14. The van der Waals surface area contributed by atoms with Gasteiger partial charge in [-0.1, -0.05) is 67.6 Å². The van der Waals surface area contributed by atoms with Crippen LogP contribution >= 0.6 is 0 Å². The molecule has 130 valence electrons. The summed E-state index contributed by atoms with van der Waals surface area (Å²) in [6.07, 6.45) is 0.211. The largest absolute Gasteiger partial charge is 0.869 e. The van der Waals surface area contributed by atoms with E-state index in [1.54, 1.807) is 6.92 Å². The first-order chi connectivity index (χ1) is 12.0. The average Bonchev–Trinajstić information content (AvgIpc) is 2.66. The van der Waals surface area contributed by atoms with Gasteiger partial charge in [0.15, 0.2) is 5.78 Å². The standard InChI is InChI=1S/C21H23NO3/c1-3-19(23)16(2)20(24)21(25)22(14-17-10-6-4-7-11-17)15-18-12-8-5-9-13-18/h4-13,24H,3,14-15H2,1-2H3/p-1/b20-16-. The van der Waals surface area contributed by atoms with Crippen LogP contribution in [0, 0.1) is 0 Å². The van der Waals surface area contributed by atoms with Crippen molar-refractivity contribution in [2.75, 3.05) is 0 Å². The van der Waals surface area contributed by atoms with Gasteiger partial charge in [-0.15, -0.1) is 0 Å². The van der Waals surface area contributed by atoms with Crippen LogP contribution in [0.4, 0.5) is 0 Å². The molecule has 0 heterocycles. The van der Waals surface area contributed by atoms with Crippen LogP contribution in [-0.2, 0) is 22.7 Å². The predicted molar refractivity (Wildman–Crippen MR) is 95.1 cm³/mol. The molecule has 0 aromatic heterocycles. The number of hydrogen-bond acceptors (Lipinski definition) is 3. The number of hydrogen-bond donors (Lipinski definition) is 0. The van der Waals surface area contributed by atoms with Crippen molar-refractivity contribution >= 4 is 11.7 Å². The zero-order chi connectivity index (χ0) is 18.2. The van der Waals surface area contributed by atoms with E-state index >= 15 is 0 Å². The summed E-state index contributed by atoms with van der Waals surface area (Å²) in [7, 11) is 0. The number of carbonyl (C=O) groups excluding carboxylic acids is 2. The summed E-state index contributed by atoms with van der Waals surface area (Å²) in [4.78, 5) is 26.0. The molecular weight excluding hydrogens is 314 g/mol. The summed E-state index contributed by atoms with van der Waals surface area (Å²) < 4.78 is 0. The zero-order valence-corrected chi connectivity index (χ0v) is 14.6. The zero-order valence-electron chi connectivity index (χ0n) is 14.6. The van der Waals surface area contributed by atoms with Crippen molar-refractivity contribution in [2.45, 2.75) is 33.4 Å². The first-order valence-electron chi connectivity index (χ1n) is 8.31. The van der Waals surface area contributed by atoms with Crippen LogP contribution in [0.3, 0.4) is 0 Å². The van der Waals surface area contributed by atoms with Gasteiger partial charge >= 0.3 is 0 Å². The third-order valence-electron chi connectivity index (χ3n) is 3.99. The van der Waals surface area contributed by atoms with E-state index in [1.807, 2.05) is 60.7 Å². The Balaban J connectivity index is 2.30. The van der Waals surface area contributed by atoms with Gasteiger partial charge in [0.25, 0.3) is 0 Å². The second-order valence-electron chi connectivity index (χ2n) is 5.86. The quantitative estimate of drug-likeness (QED) is 0.577. The van der Waals surface area contributed by atoms with E-state index in [0.29, 0.717) is 13.1 Å². The van der Waals surface area contributed by atoms with E-state index in [1.165, 1.54) is 11.8 Å². The van der Waals surface area contributed by atoms with E-state index in [9.17, 15) is 14.7 Å². The molecule has 2 aromatic rings. The molecule has 0 saturated heterocycles. The molecule has 0 bridgehead atoms. The summed E-state index contributed by atoms with van der Waals surface area (Å²) in [5.41, 5.74) is 1.86. The van der Waals surface area contributed by atoms with Crippen molar-refractivity contribution < 1.29 is 14.7 Å². The van der Waals surface area contributed by atoms with Crippen LogP contribution in [0.15, 0.2) is 72.0 Å². The van der Waals surface area contributed by atoms with Crippen molar-refractivity contribution in [1.29, 1.82) is 0 Å². The van der Waals surface area contributed by atoms with Crippen molar-refractivity contribution in [2.24, 2.45) is 0 Å². The lowest BCUT2D eigenvalue weighted by molar-refractivity contribution is -0.302. The van der Waals surface area contributed by atoms with Crippen LogP contribution < -0.4 is 5.11 Å². The van der Waals surface area contributed by atoms with Crippen LogP contribution in [0.2, 0.25) is 0 Å². The lowest BCUT2D eigenvalue weighted by Crippen LogP contribution is -2.36. The SMILES string of the molecule is CCC(=O)/C(C)=C(\[O-])C(=O)N(Cc1ccccc1)Cc1ccccc1. The molecule has 4 nitrogen and oxygen atoms in total. The Morgan fingerprint density at radius 3 is 1.72 bits per heavy atom. The first-order valence-corrected chi connectivity index (χ1v) is 8.31. The van der Waals surface area contributed by atoms with Crippen LogP contribution in [0.25, 0.3) is 0 Å². The fraction of sp³-hybridized carbons (Fsp3) is 0.238. The van der Waals surface area contributed by atoms with Crippen LogP contribution in [0.1, 0.15) is 31.4 Å². The molecule has 0 atom stereocenters. The molecule has 0 N–H and O–H groups in total. The topological polar surface area (TPSA) is 60.4 Å². The molecular formula is C21H22NO3-. The van der Waals surface area contributed by atoms with Gasteiger partial charge in [0.1, 0.15) is 0 Å². The minimum atomic E-state index is -0.723. The van der Waals surface area contributed by atoms with Crippen molar-refractivity contribution in [3.63, 3.8) is 0 Å². The molecule has 4 heteroatoms. The number of rotatable bonds is 7. The summed E-state index contributed by atoms with van der Waals surface area (Å²) in [5.74, 6) is -1.66. The molecule has 0 spiro atoms. The van der Waals surface area contributed by atoms with E-state index < -0.39 is 11.7 Å². The highest BCUT2D eigenvalue weighted by molar-refractivity contribution is 6.03. The van der Waals surface area contributed by atoms with Gasteiger partial charge < -0.3 is 10.0 Å². The maximum atomic E-state index is 12.7. The van der Waals surface area contributed by atoms with Crippen molar-refractivity contribution in [1.82, 2.24) is 4.90 Å². The summed E-state index contributed by atoms with van der Waals surface area (Å²) in [6, 6.07) is 19.0. The van der Waals surface area contributed by atoms with Gasteiger partial charge in [-0.2, -0.15) is 0 Å². The number of Topliss-reactive ketones (excluding diaryl/α,β-unsaturated/α-hetero) is 1. The lowest BCUT2D eigenvalue weighted by Gasteiger charge is -2.27. The van der Waals surface area contributed by atoms with E-state index in [-0.39, 0.29) is 17.8 Å². The Morgan fingerprint density at radius 2 is 1.32 bits per heavy atom. The number of ketones is 1. The minimum Gasteiger partial charge on any atom is -0.869 e. The highest BCUT2D eigenvalue weighted by atomic mass is 16.3. The lowest BCUT2D eigenvalue weighted by atomic mass is 10.1. The van der Waals surface area contributed by atoms with Gasteiger partial charge in [-0.05, 0) is 29.4 Å². The third kappa shape index (κ3) is 5.05. The molecule has 1 amide bonds. The second-order valence-corrected chi connectivity index (χ2v) is 5.86. The van der Waals surface area contributed by atoms with Gasteiger partial charge in [-0.3, -0.25) is 9.59 Å². The molecule has 0 fully saturated rings. The molecule has 0 aliphatic rings. The second kappa shape index (κ2) is 8.83. The molecule has 2 rings (SSSR count). The van der Waals surface area contributed by atoms with Gasteiger partial charge in [0.2, 0.25) is 5.91 Å². The average molecular weight is 336 g/mol. The predicted octanol–water partition coefficient (Wildman–Crippen LogP) is 2.83. The molecule has 0 aliphatic carbocycles. The van der Waals surface area contributed by atoms with Crippen molar-refractivity contribution in [3.05, 3.63) is 83.1 Å². The monoisotopic (exact) mass is 336 g/mol. The Labute approximate surface area is 148 Å². The number of carbonyl (C=O) groups is 2. The van der Waals surface area contributed by atoms with Gasteiger partial charge in [0, 0.05) is 19.5 Å². The first kappa shape index (κ1) is 18.5. The Hall–Kier alpha value is -2.88. The Bertz CT molecular complexity index is 710. The summed E-state index contributed by atoms with van der Waals surface area (Å²) in [5, 5.41) is 12.4. The summed E-state index contributed by atoms with van der Waals surface area (Å²) in [6.45, 7) is 3.73. The van der Waals surface area contributed by atoms with Crippen LogP contribution in [0.5, 0.6) is 0 Å². The molecule has 25 heavy (non-hydrogen) atoms. The summed E-state index contributed by atoms with van der Waals surface area (Å²) >= 11 is 0. The van der Waals surface area contributed by atoms with E-state index in [4.69, 9.17) is 0 Å². The highest BCUT2D eigenvalue weighted by Gasteiger charge is 2.17. The maximum Gasteiger partial charge on any atom is 0.239 e. The number of benzene rings is 2. The third-order valence-corrected chi connectivity index (χ3v) is 3.99. The number of allylic oxidation sites excluding steroid dienone is 1. The fourth-order valence-corrected chi connectivity index (χ4v) is 2.50. The van der Waals surface area contributed by atoms with Gasteiger partial charge in [-0.25, -0.2) is 0 Å². The van der Waals surface area contributed by atoms with E-state index in [0.717, 1.165) is 11.1 Å². The minimum absolute atomic E-state index is 0.00127. The molecule has 0 unspecified atom stereocenters. The molecule has 0 aliphatic heterocycles.